The molecule has 1 rings (SSSR count). The molecule has 1 aromatic rings. The first kappa shape index (κ1) is 15.1. The lowest BCUT2D eigenvalue weighted by Crippen LogP contribution is -2.50. The van der Waals surface area contributed by atoms with Gasteiger partial charge in [-0.15, -0.1) is 0 Å². The molecule has 0 saturated heterocycles. The fraction of sp³-hybridized carbons (Fsp3) is 0.385. The van der Waals surface area contributed by atoms with E-state index in [0.717, 1.165) is 5.56 Å². The molecule has 0 heterocycles. The normalized spacial score (nSPS) is 15.3. The van der Waals surface area contributed by atoms with Crippen LogP contribution in [0.2, 0.25) is 0 Å². The van der Waals surface area contributed by atoms with Gasteiger partial charge in [0.15, 0.2) is 0 Å². The Morgan fingerprint density at radius 2 is 2.21 bits per heavy atom. The zero-order valence-corrected chi connectivity index (χ0v) is 10.7. The SMILES string of the molecule is C[C@@H](O)[C@@H](C=O)NC(=O)[C@@H](N)Cc1cccc(N)c1. The number of aldehydes is 1. The minimum absolute atomic E-state index is 0.308. The van der Waals surface area contributed by atoms with Crippen LogP contribution in [0.15, 0.2) is 24.3 Å². The Morgan fingerprint density at radius 1 is 1.53 bits per heavy atom. The number of amides is 1. The van der Waals surface area contributed by atoms with E-state index in [1.165, 1.54) is 6.92 Å². The van der Waals surface area contributed by atoms with Crippen LogP contribution in [0, 0.1) is 0 Å². The lowest BCUT2D eigenvalue weighted by Gasteiger charge is -2.18. The van der Waals surface area contributed by atoms with Gasteiger partial charge in [0.1, 0.15) is 12.3 Å². The molecule has 0 spiro atoms. The average molecular weight is 265 g/mol. The molecule has 0 aliphatic heterocycles. The molecule has 6 N–H and O–H groups in total. The van der Waals surface area contributed by atoms with Crippen molar-refractivity contribution in [2.24, 2.45) is 5.73 Å². The van der Waals surface area contributed by atoms with Crippen molar-refractivity contribution >= 4 is 17.9 Å². The number of aliphatic hydroxyl groups is 1. The molecule has 0 radical (unpaired) electrons. The summed E-state index contributed by atoms with van der Waals surface area (Å²) in [5.41, 5.74) is 12.8. The quantitative estimate of drug-likeness (QED) is 0.397. The Labute approximate surface area is 111 Å². The highest BCUT2D eigenvalue weighted by Crippen LogP contribution is 2.08. The number of hydrogen-bond donors (Lipinski definition) is 4. The van der Waals surface area contributed by atoms with Gasteiger partial charge in [0.2, 0.25) is 5.91 Å². The molecular formula is C13H19N3O3. The van der Waals surface area contributed by atoms with Crippen molar-refractivity contribution in [1.29, 1.82) is 0 Å². The van der Waals surface area contributed by atoms with Gasteiger partial charge in [0, 0.05) is 5.69 Å². The number of aliphatic hydroxyl groups excluding tert-OH is 1. The van der Waals surface area contributed by atoms with Crippen molar-refractivity contribution in [3.63, 3.8) is 0 Å². The molecule has 0 aromatic heterocycles. The van der Waals surface area contributed by atoms with Crippen molar-refractivity contribution < 1.29 is 14.7 Å². The van der Waals surface area contributed by atoms with Gasteiger partial charge in [0.05, 0.1) is 12.1 Å². The topological polar surface area (TPSA) is 118 Å². The Balaban J connectivity index is 2.60. The van der Waals surface area contributed by atoms with E-state index in [-0.39, 0.29) is 0 Å². The monoisotopic (exact) mass is 265 g/mol. The smallest absolute Gasteiger partial charge is 0.237 e. The zero-order chi connectivity index (χ0) is 14.4. The maximum atomic E-state index is 11.8. The number of nitrogens with two attached hydrogens (primary N) is 2. The first-order valence-electron chi connectivity index (χ1n) is 5.97. The lowest BCUT2D eigenvalue weighted by molar-refractivity contribution is -0.126. The van der Waals surface area contributed by atoms with Crippen LogP contribution in [0.1, 0.15) is 12.5 Å². The zero-order valence-electron chi connectivity index (χ0n) is 10.7. The molecule has 0 saturated carbocycles. The molecule has 19 heavy (non-hydrogen) atoms. The van der Waals surface area contributed by atoms with Crippen LogP contribution in [-0.2, 0) is 16.0 Å². The van der Waals surface area contributed by atoms with Crippen LogP contribution in [0.5, 0.6) is 0 Å². The molecule has 1 aromatic carbocycles. The summed E-state index contributed by atoms with van der Waals surface area (Å²) in [7, 11) is 0. The summed E-state index contributed by atoms with van der Waals surface area (Å²) >= 11 is 0. The molecule has 6 nitrogen and oxygen atoms in total. The number of hydrogen-bond acceptors (Lipinski definition) is 5. The van der Waals surface area contributed by atoms with Crippen LogP contribution in [-0.4, -0.2) is 35.5 Å². The highest BCUT2D eigenvalue weighted by molar-refractivity contribution is 5.84. The Hall–Kier alpha value is -1.92. The Morgan fingerprint density at radius 3 is 2.74 bits per heavy atom. The number of rotatable bonds is 6. The summed E-state index contributed by atoms with van der Waals surface area (Å²) in [5, 5.41) is 11.7. The maximum Gasteiger partial charge on any atom is 0.237 e. The van der Waals surface area contributed by atoms with Crippen LogP contribution in [0.4, 0.5) is 5.69 Å². The molecule has 0 bridgehead atoms. The first-order chi connectivity index (χ1) is 8.93. The molecule has 0 aliphatic carbocycles. The Kier molecular flexibility index (Phi) is 5.47. The number of anilines is 1. The summed E-state index contributed by atoms with van der Waals surface area (Å²) < 4.78 is 0. The predicted molar refractivity (Wildman–Crippen MR) is 72.2 cm³/mol. The predicted octanol–water partition coefficient (Wildman–Crippen LogP) is -0.797. The van der Waals surface area contributed by atoms with Crippen molar-refractivity contribution in [2.45, 2.75) is 31.5 Å². The number of nitrogen functional groups attached to an aromatic ring is 1. The van der Waals surface area contributed by atoms with Gasteiger partial charge in [-0.05, 0) is 31.0 Å². The van der Waals surface area contributed by atoms with Gasteiger partial charge in [-0.1, -0.05) is 12.1 Å². The number of carbonyl (C=O) groups excluding carboxylic acids is 2. The maximum absolute atomic E-state index is 11.8. The van der Waals surface area contributed by atoms with Crippen LogP contribution >= 0.6 is 0 Å². The van der Waals surface area contributed by atoms with Crippen LogP contribution < -0.4 is 16.8 Å². The third-order valence-corrected chi connectivity index (χ3v) is 2.72. The van der Waals surface area contributed by atoms with E-state index < -0.39 is 24.1 Å². The van der Waals surface area contributed by atoms with Gasteiger partial charge in [0.25, 0.3) is 0 Å². The third kappa shape index (κ3) is 4.69. The second kappa shape index (κ2) is 6.86. The Bertz CT molecular complexity index is 449. The van der Waals surface area contributed by atoms with Gasteiger partial charge in [-0.25, -0.2) is 0 Å². The fourth-order valence-electron chi connectivity index (χ4n) is 1.61. The van der Waals surface area contributed by atoms with E-state index in [0.29, 0.717) is 18.4 Å². The van der Waals surface area contributed by atoms with Gasteiger partial charge in [-0.3, -0.25) is 4.79 Å². The van der Waals surface area contributed by atoms with Gasteiger partial charge in [-0.2, -0.15) is 0 Å². The number of carbonyl (C=O) groups is 2. The molecule has 0 aliphatic rings. The van der Waals surface area contributed by atoms with E-state index in [4.69, 9.17) is 11.5 Å². The van der Waals surface area contributed by atoms with E-state index in [1.54, 1.807) is 18.2 Å². The average Bonchev–Trinajstić information content (AvgIpc) is 2.35. The van der Waals surface area contributed by atoms with E-state index in [2.05, 4.69) is 5.32 Å². The highest BCUT2D eigenvalue weighted by Gasteiger charge is 2.21. The first-order valence-corrected chi connectivity index (χ1v) is 5.97. The third-order valence-electron chi connectivity index (χ3n) is 2.72. The van der Waals surface area contributed by atoms with Crippen molar-refractivity contribution in [1.82, 2.24) is 5.32 Å². The molecule has 6 heteroatoms. The second-order valence-corrected chi connectivity index (χ2v) is 4.47. The number of nitrogens with one attached hydrogen (secondary N) is 1. The summed E-state index contributed by atoms with van der Waals surface area (Å²) in [5.74, 6) is -0.486. The minimum atomic E-state index is -0.957. The minimum Gasteiger partial charge on any atom is -0.399 e. The standard InChI is InChI=1S/C13H19N3O3/c1-8(18)12(7-17)16-13(19)11(15)6-9-3-2-4-10(14)5-9/h2-5,7-8,11-12,18H,6,14-15H2,1H3,(H,16,19)/t8-,11+,12-/m1/s1. The molecule has 1 amide bonds. The number of benzene rings is 1. The van der Waals surface area contributed by atoms with Crippen molar-refractivity contribution in [3.8, 4) is 0 Å². The molecule has 0 fully saturated rings. The molecule has 0 unspecified atom stereocenters. The summed E-state index contributed by atoms with van der Waals surface area (Å²) in [6.07, 6.45) is -0.168. The van der Waals surface area contributed by atoms with E-state index >= 15 is 0 Å². The summed E-state index contributed by atoms with van der Waals surface area (Å²) in [6, 6.07) is 5.32. The van der Waals surface area contributed by atoms with Gasteiger partial charge < -0.3 is 26.7 Å². The second-order valence-electron chi connectivity index (χ2n) is 4.47. The summed E-state index contributed by atoms with van der Waals surface area (Å²) in [4.78, 5) is 22.4. The highest BCUT2D eigenvalue weighted by atomic mass is 16.3. The molecule has 3 atom stereocenters. The fourth-order valence-corrected chi connectivity index (χ4v) is 1.61. The van der Waals surface area contributed by atoms with E-state index in [1.807, 2.05) is 6.07 Å². The lowest BCUT2D eigenvalue weighted by atomic mass is 10.0. The molecule has 104 valence electrons. The summed E-state index contributed by atoms with van der Waals surface area (Å²) in [6.45, 7) is 1.42. The van der Waals surface area contributed by atoms with Gasteiger partial charge >= 0.3 is 0 Å². The largest absolute Gasteiger partial charge is 0.399 e. The van der Waals surface area contributed by atoms with Crippen LogP contribution in [0.25, 0.3) is 0 Å². The van der Waals surface area contributed by atoms with Crippen molar-refractivity contribution in [3.05, 3.63) is 29.8 Å². The van der Waals surface area contributed by atoms with Crippen molar-refractivity contribution in [2.75, 3.05) is 5.73 Å². The van der Waals surface area contributed by atoms with Crippen LogP contribution in [0.3, 0.4) is 0 Å². The van der Waals surface area contributed by atoms with E-state index in [9.17, 15) is 14.7 Å². The molecular weight excluding hydrogens is 246 g/mol.